The molecule has 0 radical (unpaired) electrons. The molecule has 0 fully saturated rings. The second-order valence-corrected chi connectivity index (χ2v) is 3.72. The van der Waals surface area contributed by atoms with Gasteiger partial charge in [0.05, 0.1) is 6.20 Å². The first kappa shape index (κ1) is 16.0. The van der Waals surface area contributed by atoms with Crippen LogP contribution >= 0.6 is 0 Å². The van der Waals surface area contributed by atoms with Crippen molar-refractivity contribution in [1.82, 2.24) is 15.1 Å². The molecule has 0 saturated heterocycles. The van der Waals surface area contributed by atoms with Crippen LogP contribution in [-0.2, 0) is 11.3 Å². The Hall–Kier alpha value is -2.10. The highest BCUT2D eigenvalue weighted by molar-refractivity contribution is 5.75. The van der Waals surface area contributed by atoms with Crippen molar-refractivity contribution < 1.29 is 22.7 Å². The Bertz CT molecular complexity index is 515. The van der Waals surface area contributed by atoms with Crippen LogP contribution in [0.4, 0.5) is 13.2 Å². The zero-order valence-electron chi connectivity index (χ0n) is 10.3. The van der Waals surface area contributed by atoms with Gasteiger partial charge in [-0.3, -0.25) is 9.59 Å². The van der Waals surface area contributed by atoms with E-state index in [4.69, 9.17) is 10.5 Å². The van der Waals surface area contributed by atoms with Crippen molar-refractivity contribution in [2.75, 3.05) is 19.7 Å². The maximum Gasteiger partial charge on any atom is 0.405 e. The number of hydrogen-bond donors (Lipinski definition) is 2. The van der Waals surface area contributed by atoms with Gasteiger partial charge in [-0.05, 0) is 0 Å². The summed E-state index contributed by atoms with van der Waals surface area (Å²) in [7, 11) is 0. The second-order valence-electron chi connectivity index (χ2n) is 3.72. The van der Waals surface area contributed by atoms with Crippen molar-refractivity contribution in [3.63, 3.8) is 0 Å². The third-order valence-corrected chi connectivity index (χ3v) is 2.01. The van der Waals surface area contributed by atoms with Crippen molar-refractivity contribution in [2.24, 2.45) is 5.73 Å². The number of nitrogens with zero attached hydrogens (tertiary/aromatic N) is 2. The van der Waals surface area contributed by atoms with Gasteiger partial charge in [0.2, 0.25) is 5.91 Å². The van der Waals surface area contributed by atoms with Gasteiger partial charge in [0, 0.05) is 12.6 Å². The topological polar surface area (TPSA) is 99.2 Å². The molecule has 0 unspecified atom stereocenters. The summed E-state index contributed by atoms with van der Waals surface area (Å²) >= 11 is 0. The Morgan fingerprint density at radius 1 is 1.50 bits per heavy atom. The van der Waals surface area contributed by atoms with Crippen LogP contribution in [0.2, 0.25) is 0 Å². The van der Waals surface area contributed by atoms with Crippen molar-refractivity contribution in [2.45, 2.75) is 12.7 Å². The number of halogens is 3. The lowest BCUT2D eigenvalue weighted by atomic mass is 10.5. The summed E-state index contributed by atoms with van der Waals surface area (Å²) in [6, 6.07) is 1.07. The van der Waals surface area contributed by atoms with Crippen LogP contribution in [0.3, 0.4) is 0 Å². The molecule has 3 N–H and O–H groups in total. The van der Waals surface area contributed by atoms with E-state index in [0.29, 0.717) is 0 Å². The highest BCUT2D eigenvalue weighted by Gasteiger charge is 2.27. The van der Waals surface area contributed by atoms with Gasteiger partial charge in [-0.25, -0.2) is 4.68 Å². The Morgan fingerprint density at radius 3 is 2.75 bits per heavy atom. The third-order valence-electron chi connectivity index (χ3n) is 2.01. The highest BCUT2D eigenvalue weighted by atomic mass is 19.4. The van der Waals surface area contributed by atoms with Gasteiger partial charge < -0.3 is 15.8 Å². The number of rotatable bonds is 6. The lowest BCUT2D eigenvalue weighted by Crippen LogP contribution is -2.38. The summed E-state index contributed by atoms with van der Waals surface area (Å²) in [5.74, 6) is -0.792. The number of ether oxygens (including phenoxy) is 1. The lowest BCUT2D eigenvalue weighted by molar-refractivity contribution is -0.138. The number of carbonyl (C=O) groups excluding carboxylic acids is 1. The molecule has 1 aromatic heterocycles. The molecule has 0 bridgehead atoms. The molecule has 1 heterocycles. The number of aromatic nitrogens is 2. The molecular weight excluding hydrogens is 281 g/mol. The smallest absolute Gasteiger partial charge is 0.405 e. The predicted octanol–water partition coefficient (Wildman–Crippen LogP) is -0.741. The summed E-state index contributed by atoms with van der Waals surface area (Å²) in [6.45, 7) is -1.62. The molecule has 0 aliphatic carbocycles. The van der Waals surface area contributed by atoms with Crippen LogP contribution in [0, 0.1) is 0 Å². The minimum Gasteiger partial charge on any atom is -0.490 e. The maximum atomic E-state index is 11.9. The average molecular weight is 294 g/mol. The number of carbonyl (C=O) groups is 1. The zero-order valence-corrected chi connectivity index (χ0v) is 10.3. The van der Waals surface area contributed by atoms with Crippen LogP contribution in [0.15, 0.2) is 17.1 Å². The molecule has 0 aliphatic rings. The van der Waals surface area contributed by atoms with Crippen LogP contribution < -0.4 is 21.3 Å². The van der Waals surface area contributed by atoms with Gasteiger partial charge in [0.25, 0.3) is 5.56 Å². The quantitative estimate of drug-likeness (QED) is 0.720. The van der Waals surface area contributed by atoms with E-state index in [-0.39, 0.29) is 18.9 Å². The molecule has 1 amide bonds. The summed E-state index contributed by atoms with van der Waals surface area (Å²) in [4.78, 5) is 22.7. The van der Waals surface area contributed by atoms with Gasteiger partial charge in [0.15, 0.2) is 0 Å². The number of nitrogens with two attached hydrogens (primary N) is 1. The minimum absolute atomic E-state index is 0.174. The monoisotopic (exact) mass is 294 g/mol. The summed E-state index contributed by atoms with van der Waals surface area (Å²) in [5.41, 5.74) is 4.54. The summed E-state index contributed by atoms with van der Waals surface area (Å²) < 4.78 is 41.4. The Kier molecular flexibility index (Phi) is 5.50. The molecular formula is C10H13F3N4O3. The fourth-order valence-electron chi connectivity index (χ4n) is 1.18. The number of alkyl halides is 3. The van der Waals surface area contributed by atoms with Crippen LogP contribution in [0.1, 0.15) is 0 Å². The number of hydrogen-bond acceptors (Lipinski definition) is 5. The van der Waals surface area contributed by atoms with E-state index in [0.717, 1.165) is 10.7 Å². The highest BCUT2D eigenvalue weighted by Crippen LogP contribution is 2.12. The first-order valence-corrected chi connectivity index (χ1v) is 5.55. The zero-order chi connectivity index (χ0) is 15.2. The first-order valence-electron chi connectivity index (χ1n) is 5.55. The second kappa shape index (κ2) is 6.89. The molecule has 1 aromatic rings. The summed E-state index contributed by atoms with van der Waals surface area (Å²) in [6.07, 6.45) is -3.33. The third kappa shape index (κ3) is 5.69. The van der Waals surface area contributed by atoms with Crippen molar-refractivity contribution in [3.8, 4) is 5.75 Å². The van der Waals surface area contributed by atoms with Gasteiger partial charge >= 0.3 is 6.18 Å². The predicted molar refractivity (Wildman–Crippen MR) is 62.1 cm³/mol. The van der Waals surface area contributed by atoms with Crippen LogP contribution in [-0.4, -0.2) is 41.6 Å². The van der Waals surface area contributed by atoms with E-state index in [1.165, 1.54) is 6.20 Å². The molecule has 0 saturated carbocycles. The SMILES string of the molecule is NCCOc1cnn(CC(=O)NCC(F)(F)F)c(=O)c1. The molecule has 0 aliphatic heterocycles. The molecule has 20 heavy (non-hydrogen) atoms. The van der Waals surface area contributed by atoms with E-state index < -0.39 is 30.7 Å². The van der Waals surface area contributed by atoms with E-state index in [1.807, 2.05) is 0 Å². The Labute approximate surface area is 111 Å². The molecule has 0 spiro atoms. The Morgan fingerprint density at radius 2 is 2.20 bits per heavy atom. The van der Waals surface area contributed by atoms with Crippen molar-refractivity contribution >= 4 is 5.91 Å². The average Bonchev–Trinajstić information content (AvgIpc) is 2.36. The fourth-order valence-corrected chi connectivity index (χ4v) is 1.18. The van der Waals surface area contributed by atoms with E-state index >= 15 is 0 Å². The fraction of sp³-hybridized carbons (Fsp3) is 0.500. The first-order chi connectivity index (χ1) is 9.31. The maximum absolute atomic E-state index is 11.9. The summed E-state index contributed by atoms with van der Waals surface area (Å²) in [5, 5.41) is 5.25. The number of nitrogens with one attached hydrogen (secondary N) is 1. The molecule has 1 rings (SSSR count). The van der Waals surface area contributed by atoms with Gasteiger partial charge in [-0.2, -0.15) is 18.3 Å². The van der Waals surface area contributed by atoms with E-state index in [2.05, 4.69) is 5.10 Å². The van der Waals surface area contributed by atoms with Crippen molar-refractivity contribution in [1.29, 1.82) is 0 Å². The number of amides is 1. The standard InChI is InChI=1S/C10H13F3N4O3/c11-10(12,13)6-15-8(18)5-17-9(19)3-7(4-16-17)20-2-1-14/h3-4H,1-2,5-6,14H2,(H,15,18). The molecule has 0 aromatic carbocycles. The molecule has 7 nitrogen and oxygen atoms in total. The van der Waals surface area contributed by atoms with Gasteiger partial charge in [-0.1, -0.05) is 0 Å². The van der Waals surface area contributed by atoms with Crippen LogP contribution in [0.5, 0.6) is 5.75 Å². The van der Waals surface area contributed by atoms with E-state index in [1.54, 1.807) is 5.32 Å². The van der Waals surface area contributed by atoms with Gasteiger partial charge in [-0.15, -0.1) is 0 Å². The Balaban J connectivity index is 2.60. The molecule has 0 atom stereocenters. The van der Waals surface area contributed by atoms with Gasteiger partial charge in [0.1, 0.15) is 25.4 Å². The normalized spacial score (nSPS) is 11.2. The molecule has 10 heteroatoms. The molecule has 112 valence electrons. The van der Waals surface area contributed by atoms with Crippen molar-refractivity contribution in [3.05, 3.63) is 22.6 Å². The largest absolute Gasteiger partial charge is 0.490 e. The lowest BCUT2D eigenvalue weighted by Gasteiger charge is -2.09. The van der Waals surface area contributed by atoms with E-state index in [9.17, 15) is 22.8 Å². The van der Waals surface area contributed by atoms with Crippen LogP contribution in [0.25, 0.3) is 0 Å². The minimum atomic E-state index is -4.51.